The second-order valence-corrected chi connectivity index (χ2v) is 6.13. The van der Waals surface area contributed by atoms with Crippen molar-refractivity contribution in [1.82, 2.24) is 9.78 Å². The van der Waals surface area contributed by atoms with Gasteiger partial charge in [0.1, 0.15) is 6.54 Å². The van der Waals surface area contributed by atoms with Crippen LogP contribution in [0.1, 0.15) is 26.3 Å². The van der Waals surface area contributed by atoms with E-state index >= 15 is 0 Å². The molecule has 1 aromatic heterocycles. The number of halogens is 3. The lowest BCUT2D eigenvalue weighted by atomic mass is 9.84. The molecule has 1 heterocycles. The largest absolute Gasteiger partial charge is 0.408 e. The Kier molecular flexibility index (Phi) is 4.13. The predicted molar refractivity (Wildman–Crippen MR) is 78.7 cm³/mol. The highest BCUT2D eigenvalue weighted by Crippen LogP contribution is 2.30. The third-order valence-electron chi connectivity index (χ3n) is 3.18. The SMILES string of the molecule is CC(C)(C)c1cc(=O)n(CC(F)(F)F)nc1-c1ccccc1. The minimum atomic E-state index is -4.49. The Morgan fingerprint density at radius 2 is 1.68 bits per heavy atom. The Morgan fingerprint density at radius 1 is 1.09 bits per heavy atom. The minimum Gasteiger partial charge on any atom is -0.268 e. The van der Waals surface area contributed by atoms with Crippen molar-refractivity contribution in [2.45, 2.75) is 38.9 Å². The van der Waals surface area contributed by atoms with E-state index in [9.17, 15) is 18.0 Å². The van der Waals surface area contributed by atoms with Crippen molar-refractivity contribution in [2.75, 3.05) is 0 Å². The third-order valence-corrected chi connectivity index (χ3v) is 3.18. The van der Waals surface area contributed by atoms with Gasteiger partial charge in [0.05, 0.1) is 5.69 Å². The summed E-state index contributed by atoms with van der Waals surface area (Å²) in [6.45, 7) is 4.29. The molecule has 0 saturated carbocycles. The zero-order valence-electron chi connectivity index (χ0n) is 12.6. The van der Waals surface area contributed by atoms with Crippen LogP contribution in [0, 0.1) is 0 Å². The average molecular weight is 310 g/mol. The van der Waals surface area contributed by atoms with Gasteiger partial charge < -0.3 is 0 Å². The Labute approximate surface area is 126 Å². The molecule has 0 spiro atoms. The monoisotopic (exact) mass is 310 g/mol. The van der Waals surface area contributed by atoms with E-state index in [4.69, 9.17) is 0 Å². The first-order valence-corrected chi connectivity index (χ1v) is 6.83. The molecule has 0 atom stereocenters. The van der Waals surface area contributed by atoms with Gasteiger partial charge in [-0.3, -0.25) is 4.79 Å². The summed E-state index contributed by atoms with van der Waals surface area (Å²) in [4.78, 5) is 11.9. The lowest BCUT2D eigenvalue weighted by Gasteiger charge is -2.23. The van der Waals surface area contributed by atoms with Gasteiger partial charge >= 0.3 is 6.18 Å². The second kappa shape index (κ2) is 5.59. The molecule has 0 N–H and O–H groups in total. The molecule has 0 radical (unpaired) electrons. The van der Waals surface area contributed by atoms with Crippen LogP contribution in [0.3, 0.4) is 0 Å². The summed E-state index contributed by atoms with van der Waals surface area (Å²) in [6.07, 6.45) is -4.49. The zero-order chi connectivity index (χ0) is 16.5. The first-order valence-electron chi connectivity index (χ1n) is 6.83. The fraction of sp³-hybridized carbons (Fsp3) is 0.375. The maximum absolute atomic E-state index is 12.6. The fourth-order valence-corrected chi connectivity index (χ4v) is 2.15. The molecule has 0 bridgehead atoms. The van der Waals surface area contributed by atoms with Gasteiger partial charge in [-0.1, -0.05) is 51.1 Å². The number of hydrogen-bond donors (Lipinski definition) is 0. The van der Waals surface area contributed by atoms with Gasteiger partial charge in [-0.15, -0.1) is 0 Å². The summed E-state index contributed by atoms with van der Waals surface area (Å²) in [5.74, 6) is 0. The predicted octanol–water partition coefficient (Wildman–Crippen LogP) is 3.77. The van der Waals surface area contributed by atoms with Gasteiger partial charge in [0.2, 0.25) is 0 Å². The van der Waals surface area contributed by atoms with Gasteiger partial charge in [0.15, 0.2) is 0 Å². The van der Waals surface area contributed by atoms with Crippen LogP contribution in [0.2, 0.25) is 0 Å². The molecule has 0 saturated heterocycles. The Bertz CT molecular complexity index is 713. The Hall–Kier alpha value is -2.11. The number of alkyl halides is 3. The summed E-state index contributed by atoms with van der Waals surface area (Å²) in [5, 5.41) is 3.98. The van der Waals surface area contributed by atoms with E-state index in [-0.39, 0.29) is 0 Å². The van der Waals surface area contributed by atoms with Crippen molar-refractivity contribution < 1.29 is 13.2 Å². The van der Waals surface area contributed by atoms with E-state index in [1.165, 1.54) is 6.07 Å². The minimum absolute atomic E-state index is 0.400. The van der Waals surface area contributed by atoms with Crippen LogP contribution >= 0.6 is 0 Å². The highest BCUT2D eigenvalue weighted by Gasteiger charge is 2.30. The van der Waals surface area contributed by atoms with Crippen LogP contribution in [0.15, 0.2) is 41.2 Å². The number of nitrogens with zero attached hydrogens (tertiary/aromatic N) is 2. The maximum atomic E-state index is 12.6. The molecule has 6 heteroatoms. The summed E-state index contributed by atoms with van der Waals surface area (Å²) in [7, 11) is 0. The quantitative estimate of drug-likeness (QED) is 0.846. The first-order chi connectivity index (χ1) is 10.1. The molecule has 3 nitrogen and oxygen atoms in total. The third kappa shape index (κ3) is 3.75. The second-order valence-electron chi connectivity index (χ2n) is 6.13. The molecule has 118 valence electrons. The average Bonchev–Trinajstić information content (AvgIpc) is 2.39. The number of benzene rings is 1. The molecule has 0 aliphatic rings. The van der Waals surface area contributed by atoms with Crippen LogP contribution in [-0.2, 0) is 12.0 Å². The normalized spacial score (nSPS) is 12.5. The molecule has 2 aromatic rings. The van der Waals surface area contributed by atoms with Crippen molar-refractivity contribution in [3.63, 3.8) is 0 Å². The van der Waals surface area contributed by atoms with Crippen LogP contribution in [0.25, 0.3) is 11.3 Å². The van der Waals surface area contributed by atoms with Crippen LogP contribution in [-0.4, -0.2) is 16.0 Å². The lowest BCUT2D eigenvalue weighted by Crippen LogP contribution is -2.32. The molecule has 22 heavy (non-hydrogen) atoms. The molecule has 0 amide bonds. The first kappa shape index (κ1) is 16.3. The number of hydrogen-bond acceptors (Lipinski definition) is 2. The molecule has 0 fully saturated rings. The van der Waals surface area contributed by atoms with E-state index in [1.807, 2.05) is 26.8 Å². The van der Waals surface area contributed by atoms with Crippen molar-refractivity contribution in [3.8, 4) is 11.3 Å². The molecule has 0 aliphatic heterocycles. The fourth-order valence-electron chi connectivity index (χ4n) is 2.15. The van der Waals surface area contributed by atoms with Crippen molar-refractivity contribution >= 4 is 0 Å². The van der Waals surface area contributed by atoms with E-state index in [1.54, 1.807) is 24.3 Å². The highest BCUT2D eigenvalue weighted by molar-refractivity contribution is 5.63. The molecule has 0 aliphatic carbocycles. The van der Waals surface area contributed by atoms with E-state index in [0.29, 0.717) is 21.5 Å². The lowest BCUT2D eigenvalue weighted by molar-refractivity contribution is -0.143. The summed E-state index contributed by atoms with van der Waals surface area (Å²) in [6, 6.07) is 10.2. The summed E-state index contributed by atoms with van der Waals surface area (Å²) >= 11 is 0. The van der Waals surface area contributed by atoms with Gasteiger partial charge in [-0.25, -0.2) is 4.68 Å². The standard InChI is InChI=1S/C16H17F3N2O/c1-15(2,3)12-9-13(22)21(10-16(17,18)19)20-14(12)11-7-5-4-6-8-11/h4-9H,10H2,1-3H3. The summed E-state index contributed by atoms with van der Waals surface area (Å²) in [5.41, 5.74) is 0.554. The van der Waals surface area contributed by atoms with E-state index in [2.05, 4.69) is 5.10 Å². The molecule has 0 unspecified atom stereocenters. The molecular weight excluding hydrogens is 293 g/mol. The van der Waals surface area contributed by atoms with Crippen molar-refractivity contribution in [3.05, 3.63) is 52.3 Å². The Morgan fingerprint density at radius 3 is 2.18 bits per heavy atom. The zero-order valence-corrected chi connectivity index (χ0v) is 12.6. The van der Waals surface area contributed by atoms with Crippen LogP contribution < -0.4 is 5.56 Å². The maximum Gasteiger partial charge on any atom is 0.408 e. The number of rotatable bonds is 2. The van der Waals surface area contributed by atoms with Gasteiger partial charge in [-0.05, 0) is 11.0 Å². The molecular formula is C16H17F3N2O. The van der Waals surface area contributed by atoms with E-state index < -0.39 is 23.7 Å². The Balaban J connectivity index is 2.67. The van der Waals surface area contributed by atoms with Crippen LogP contribution in [0.4, 0.5) is 13.2 Å². The molecule has 2 rings (SSSR count). The summed E-state index contributed by atoms with van der Waals surface area (Å²) < 4.78 is 38.2. The van der Waals surface area contributed by atoms with Gasteiger partial charge in [0, 0.05) is 11.6 Å². The van der Waals surface area contributed by atoms with Crippen molar-refractivity contribution in [2.24, 2.45) is 0 Å². The number of aromatic nitrogens is 2. The highest BCUT2D eigenvalue weighted by atomic mass is 19.4. The topological polar surface area (TPSA) is 34.9 Å². The van der Waals surface area contributed by atoms with E-state index in [0.717, 1.165) is 0 Å². The van der Waals surface area contributed by atoms with Crippen LogP contribution in [0.5, 0.6) is 0 Å². The smallest absolute Gasteiger partial charge is 0.268 e. The van der Waals surface area contributed by atoms with Gasteiger partial charge in [-0.2, -0.15) is 18.3 Å². The van der Waals surface area contributed by atoms with Crippen molar-refractivity contribution in [1.29, 1.82) is 0 Å². The van der Waals surface area contributed by atoms with Gasteiger partial charge in [0.25, 0.3) is 5.56 Å². The molecule has 1 aromatic carbocycles.